The van der Waals surface area contributed by atoms with Gasteiger partial charge in [-0.15, -0.1) is 0 Å². The number of anilines is 2. The van der Waals surface area contributed by atoms with Crippen LogP contribution < -0.4 is 16.0 Å². The fourth-order valence-electron chi connectivity index (χ4n) is 2.85. The van der Waals surface area contributed by atoms with Crippen LogP contribution in [0, 0.1) is 17.6 Å². The number of carbonyl (C=O) groups excluding carboxylic acids is 2. The number of rotatable bonds is 7. The first-order chi connectivity index (χ1) is 15.6. The number of aromatic nitrogens is 1. The Morgan fingerprint density at radius 1 is 1.00 bits per heavy atom. The van der Waals surface area contributed by atoms with Crippen molar-refractivity contribution in [3.63, 3.8) is 0 Å². The first kappa shape index (κ1) is 23.4. The molecule has 0 bridgehead atoms. The third kappa shape index (κ3) is 5.91. The van der Waals surface area contributed by atoms with Crippen molar-refractivity contribution in [2.45, 2.75) is 19.9 Å². The quantitative estimate of drug-likeness (QED) is 0.421. The molecule has 0 aliphatic heterocycles. The Morgan fingerprint density at radius 2 is 1.70 bits per heavy atom. The Labute approximate surface area is 186 Å². The lowest BCUT2D eigenvalue weighted by atomic mass is 10.0. The van der Waals surface area contributed by atoms with Crippen molar-refractivity contribution in [2.24, 2.45) is 5.92 Å². The highest BCUT2D eigenvalue weighted by atomic mass is 19.1. The van der Waals surface area contributed by atoms with Gasteiger partial charge >= 0.3 is 12.0 Å². The molecule has 0 aliphatic rings. The van der Waals surface area contributed by atoms with Gasteiger partial charge in [-0.3, -0.25) is 4.79 Å². The van der Waals surface area contributed by atoms with E-state index in [0.717, 1.165) is 18.2 Å². The van der Waals surface area contributed by atoms with Gasteiger partial charge in [0.15, 0.2) is 0 Å². The summed E-state index contributed by atoms with van der Waals surface area (Å²) in [5.74, 6) is -3.84. The summed E-state index contributed by atoms with van der Waals surface area (Å²) in [6.07, 6.45) is 0. The van der Waals surface area contributed by atoms with Crippen LogP contribution in [0.25, 0.3) is 11.3 Å². The van der Waals surface area contributed by atoms with Crippen molar-refractivity contribution in [1.29, 1.82) is 0 Å². The second-order valence-electron chi connectivity index (χ2n) is 7.39. The average Bonchev–Trinajstić information content (AvgIpc) is 3.25. The number of urea groups is 1. The number of hydrogen-bond donors (Lipinski definition) is 4. The lowest BCUT2D eigenvalue weighted by Gasteiger charge is -2.16. The molecule has 3 amide bonds. The molecule has 1 heterocycles. The van der Waals surface area contributed by atoms with Crippen LogP contribution in [-0.4, -0.2) is 34.2 Å². The van der Waals surface area contributed by atoms with E-state index in [1.807, 2.05) is 0 Å². The molecule has 172 valence electrons. The monoisotopic (exact) mass is 458 g/mol. The standard InChI is InChI=1S/C22H20F2N4O5/c1-11(2)19(21(30)31)27-20(29)18-10-16(28-33-18)12-3-6-14(7-4-12)25-22(32)26-17-9-13(23)5-8-15(17)24/h3-11,19H,1-2H3,(H,27,29)(H,30,31)(H2,25,26,32). The van der Waals surface area contributed by atoms with E-state index >= 15 is 0 Å². The lowest BCUT2D eigenvalue weighted by Crippen LogP contribution is -2.44. The molecule has 0 aliphatic carbocycles. The van der Waals surface area contributed by atoms with Gasteiger partial charge in [0.05, 0.1) is 5.69 Å². The number of carbonyl (C=O) groups is 3. The van der Waals surface area contributed by atoms with Crippen LogP contribution in [0.4, 0.5) is 25.0 Å². The molecule has 33 heavy (non-hydrogen) atoms. The van der Waals surface area contributed by atoms with E-state index < -0.39 is 35.6 Å². The van der Waals surface area contributed by atoms with E-state index in [9.17, 15) is 28.3 Å². The van der Waals surface area contributed by atoms with Crippen molar-refractivity contribution < 1.29 is 32.8 Å². The SMILES string of the molecule is CC(C)C(NC(=O)c1cc(-c2ccc(NC(=O)Nc3cc(F)ccc3F)cc2)no1)C(=O)O. The summed E-state index contributed by atoms with van der Waals surface area (Å²) in [6, 6.07) is 8.44. The topological polar surface area (TPSA) is 134 Å². The molecule has 11 heteroatoms. The van der Waals surface area contributed by atoms with Gasteiger partial charge < -0.3 is 25.6 Å². The van der Waals surface area contributed by atoms with E-state index in [-0.39, 0.29) is 17.4 Å². The van der Waals surface area contributed by atoms with Gasteiger partial charge in [-0.25, -0.2) is 18.4 Å². The number of nitrogens with zero attached hydrogens (tertiary/aromatic N) is 1. The molecular formula is C22H20F2N4O5. The van der Waals surface area contributed by atoms with Crippen LogP contribution >= 0.6 is 0 Å². The smallest absolute Gasteiger partial charge is 0.326 e. The van der Waals surface area contributed by atoms with Gasteiger partial charge in [0.25, 0.3) is 5.91 Å². The Balaban J connectivity index is 1.64. The van der Waals surface area contributed by atoms with E-state index in [2.05, 4.69) is 21.1 Å². The minimum absolute atomic E-state index is 0.157. The molecule has 3 aromatic rings. The zero-order valence-electron chi connectivity index (χ0n) is 17.6. The zero-order chi connectivity index (χ0) is 24.1. The molecule has 1 unspecified atom stereocenters. The third-order valence-corrected chi connectivity index (χ3v) is 4.57. The Morgan fingerprint density at radius 3 is 2.33 bits per heavy atom. The van der Waals surface area contributed by atoms with Crippen molar-refractivity contribution >= 4 is 29.3 Å². The van der Waals surface area contributed by atoms with Crippen LogP contribution in [0.15, 0.2) is 53.1 Å². The molecule has 1 atom stereocenters. The average molecular weight is 458 g/mol. The van der Waals surface area contributed by atoms with Crippen LogP contribution in [0.3, 0.4) is 0 Å². The number of halogens is 2. The van der Waals surface area contributed by atoms with E-state index in [1.165, 1.54) is 18.2 Å². The number of benzene rings is 2. The molecule has 9 nitrogen and oxygen atoms in total. The summed E-state index contributed by atoms with van der Waals surface area (Å²) in [4.78, 5) is 35.5. The second-order valence-corrected chi connectivity index (χ2v) is 7.39. The van der Waals surface area contributed by atoms with Gasteiger partial charge in [0.1, 0.15) is 23.4 Å². The summed E-state index contributed by atoms with van der Waals surface area (Å²) >= 11 is 0. The Hall–Kier alpha value is -4.28. The highest BCUT2D eigenvalue weighted by Gasteiger charge is 2.26. The van der Waals surface area contributed by atoms with Crippen LogP contribution in [0.2, 0.25) is 0 Å². The number of hydrogen-bond acceptors (Lipinski definition) is 5. The van der Waals surface area contributed by atoms with E-state index in [0.29, 0.717) is 16.9 Å². The number of carboxylic acids is 1. The van der Waals surface area contributed by atoms with E-state index in [1.54, 1.807) is 26.0 Å². The van der Waals surface area contributed by atoms with E-state index in [4.69, 9.17) is 4.52 Å². The summed E-state index contributed by atoms with van der Waals surface area (Å²) < 4.78 is 31.9. The molecule has 0 saturated carbocycles. The molecule has 0 radical (unpaired) electrons. The largest absolute Gasteiger partial charge is 0.480 e. The zero-order valence-corrected chi connectivity index (χ0v) is 17.6. The number of nitrogens with one attached hydrogen (secondary N) is 3. The molecule has 1 aromatic heterocycles. The van der Waals surface area contributed by atoms with Gasteiger partial charge in [-0.1, -0.05) is 31.1 Å². The second kappa shape index (κ2) is 9.90. The van der Waals surface area contributed by atoms with Crippen molar-refractivity contribution in [1.82, 2.24) is 10.5 Å². The molecule has 4 N–H and O–H groups in total. The lowest BCUT2D eigenvalue weighted by molar-refractivity contribution is -0.140. The highest BCUT2D eigenvalue weighted by Crippen LogP contribution is 2.22. The molecule has 2 aromatic carbocycles. The van der Waals surface area contributed by atoms with Gasteiger partial charge in [0.2, 0.25) is 5.76 Å². The minimum Gasteiger partial charge on any atom is -0.480 e. The van der Waals surface area contributed by atoms with Crippen molar-refractivity contribution in [3.05, 3.63) is 65.9 Å². The minimum atomic E-state index is -1.16. The summed E-state index contributed by atoms with van der Waals surface area (Å²) in [5.41, 5.74) is 0.920. The summed E-state index contributed by atoms with van der Waals surface area (Å²) in [7, 11) is 0. The normalized spacial score (nSPS) is 11.7. The highest BCUT2D eigenvalue weighted by molar-refractivity contribution is 6.00. The summed E-state index contributed by atoms with van der Waals surface area (Å²) in [6.45, 7) is 3.32. The molecular weight excluding hydrogens is 438 g/mol. The van der Waals surface area contributed by atoms with Gasteiger partial charge in [0, 0.05) is 23.4 Å². The maximum Gasteiger partial charge on any atom is 0.326 e. The fourth-order valence-corrected chi connectivity index (χ4v) is 2.85. The molecule has 3 rings (SSSR count). The van der Waals surface area contributed by atoms with Crippen LogP contribution in [0.5, 0.6) is 0 Å². The first-order valence-corrected chi connectivity index (χ1v) is 9.78. The maximum absolute atomic E-state index is 13.6. The fraction of sp³-hybridized carbons (Fsp3) is 0.182. The van der Waals surface area contributed by atoms with Gasteiger partial charge in [-0.05, 0) is 30.2 Å². The van der Waals surface area contributed by atoms with Crippen molar-refractivity contribution in [2.75, 3.05) is 10.6 Å². The van der Waals surface area contributed by atoms with Crippen molar-refractivity contribution in [3.8, 4) is 11.3 Å². The Bertz CT molecular complexity index is 1180. The first-order valence-electron chi connectivity index (χ1n) is 9.78. The molecule has 0 fully saturated rings. The van der Waals surface area contributed by atoms with Gasteiger partial charge in [-0.2, -0.15) is 0 Å². The predicted molar refractivity (Wildman–Crippen MR) is 115 cm³/mol. The maximum atomic E-state index is 13.6. The summed E-state index contributed by atoms with van der Waals surface area (Å²) in [5, 5.41) is 20.1. The number of amides is 3. The van der Waals surface area contributed by atoms with Crippen LogP contribution in [-0.2, 0) is 4.79 Å². The molecule has 0 saturated heterocycles. The van der Waals surface area contributed by atoms with Crippen LogP contribution in [0.1, 0.15) is 24.4 Å². The number of aliphatic carboxylic acids is 1. The third-order valence-electron chi connectivity index (χ3n) is 4.57. The predicted octanol–water partition coefficient (Wildman–Crippen LogP) is 4.10. The Kier molecular flexibility index (Phi) is 7.01. The molecule has 0 spiro atoms. The number of carboxylic acid groups (broad SMARTS) is 1.